The summed E-state index contributed by atoms with van der Waals surface area (Å²) >= 11 is 0. The molecule has 0 fully saturated rings. The van der Waals surface area contributed by atoms with Crippen molar-refractivity contribution >= 4 is 0 Å². The van der Waals surface area contributed by atoms with E-state index in [4.69, 9.17) is 0 Å². The highest BCUT2D eigenvalue weighted by molar-refractivity contribution is 5.40. The van der Waals surface area contributed by atoms with E-state index in [0.29, 0.717) is 0 Å². The van der Waals surface area contributed by atoms with Gasteiger partial charge in [0.25, 0.3) is 5.92 Å². The fourth-order valence-electron chi connectivity index (χ4n) is 2.01. The Hall–Kier alpha value is -0.920. The highest BCUT2D eigenvalue weighted by atomic mass is 19.3. The Bertz CT molecular complexity index is 329. The summed E-state index contributed by atoms with van der Waals surface area (Å²) in [6, 6.07) is 5.63. The minimum absolute atomic E-state index is 0.0631. The predicted octanol–water partition coefficient (Wildman–Crippen LogP) is 2.98. The molecule has 0 heterocycles. The molecule has 0 nitrogen and oxygen atoms in total. The van der Waals surface area contributed by atoms with Gasteiger partial charge in [-0.15, -0.1) is 0 Å². The van der Waals surface area contributed by atoms with Crippen molar-refractivity contribution in [3.63, 3.8) is 0 Å². The normalized spacial score (nSPS) is 18.7. The van der Waals surface area contributed by atoms with Crippen LogP contribution in [0.15, 0.2) is 18.2 Å². The fourth-order valence-corrected chi connectivity index (χ4v) is 2.01. The van der Waals surface area contributed by atoms with Crippen molar-refractivity contribution in [3.05, 3.63) is 34.9 Å². The molecule has 0 bridgehead atoms. The average Bonchev–Trinajstić information content (AvgIpc) is 2.37. The first-order valence-electron chi connectivity index (χ1n) is 4.60. The molecule has 0 aromatic heterocycles. The number of hydrogen-bond acceptors (Lipinski definition) is 0. The van der Waals surface area contributed by atoms with Gasteiger partial charge in [-0.05, 0) is 23.1 Å². The van der Waals surface area contributed by atoms with E-state index >= 15 is 0 Å². The van der Waals surface area contributed by atoms with Crippen molar-refractivity contribution in [1.82, 2.24) is 0 Å². The zero-order chi connectivity index (χ0) is 9.47. The molecule has 0 amide bonds. The summed E-state index contributed by atoms with van der Waals surface area (Å²) in [6.07, 6.45) is 0.710. The number of fused-ring (bicyclic) bond motifs is 1. The fraction of sp³-hybridized carbons (Fsp3) is 0.455. The van der Waals surface area contributed by atoms with E-state index in [-0.39, 0.29) is 12.8 Å². The lowest BCUT2D eigenvalue weighted by Gasteiger charge is -2.06. The number of hydrogen-bond donors (Lipinski definition) is 0. The monoisotopic (exact) mass is 182 g/mol. The lowest BCUT2D eigenvalue weighted by atomic mass is 10.0. The van der Waals surface area contributed by atoms with Crippen molar-refractivity contribution < 1.29 is 8.78 Å². The number of alkyl halides is 2. The zero-order valence-electron chi connectivity index (χ0n) is 7.61. The minimum atomic E-state index is -2.51. The molecule has 0 radical (unpaired) electrons. The molecule has 2 rings (SSSR count). The Morgan fingerprint density at radius 1 is 1.31 bits per heavy atom. The molecule has 70 valence electrons. The second kappa shape index (κ2) is 2.79. The smallest absolute Gasteiger partial charge is 0.206 e. The SMILES string of the molecule is CCc1cccc2c1CC(F)(F)C2. The Kier molecular flexibility index (Phi) is 1.86. The zero-order valence-corrected chi connectivity index (χ0v) is 7.61. The van der Waals surface area contributed by atoms with Gasteiger partial charge in [0.15, 0.2) is 0 Å². The van der Waals surface area contributed by atoms with Crippen LogP contribution < -0.4 is 0 Å². The predicted molar refractivity (Wildman–Crippen MR) is 48.2 cm³/mol. The van der Waals surface area contributed by atoms with Crippen LogP contribution in [-0.4, -0.2) is 5.92 Å². The molecule has 1 aromatic rings. The first-order valence-corrected chi connectivity index (χ1v) is 4.60. The van der Waals surface area contributed by atoms with Crippen LogP contribution in [0.3, 0.4) is 0 Å². The van der Waals surface area contributed by atoms with Crippen molar-refractivity contribution in [2.75, 3.05) is 0 Å². The summed E-state index contributed by atoms with van der Waals surface area (Å²) in [5.74, 6) is -2.51. The molecular weight excluding hydrogens is 170 g/mol. The van der Waals surface area contributed by atoms with Gasteiger partial charge in [0, 0.05) is 12.8 Å². The first kappa shape index (κ1) is 8.67. The highest BCUT2D eigenvalue weighted by Crippen LogP contribution is 2.36. The summed E-state index contributed by atoms with van der Waals surface area (Å²) in [7, 11) is 0. The maximum atomic E-state index is 13.1. The van der Waals surface area contributed by atoms with Crippen LogP contribution in [0.25, 0.3) is 0 Å². The van der Waals surface area contributed by atoms with Gasteiger partial charge >= 0.3 is 0 Å². The van der Waals surface area contributed by atoms with E-state index in [1.54, 1.807) is 0 Å². The van der Waals surface area contributed by atoms with E-state index in [1.165, 1.54) is 0 Å². The third kappa shape index (κ3) is 1.45. The van der Waals surface area contributed by atoms with Gasteiger partial charge in [0.1, 0.15) is 0 Å². The number of benzene rings is 1. The van der Waals surface area contributed by atoms with Crippen molar-refractivity contribution in [2.24, 2.45) is 0 Å². The molecule has 0 N–H and O–H groups in total. The molecule has 1 aromatic carbocycles. The van der Waals surface area contributed by atoms with Gasteiger partial charge in [-0.1, -0.05) is 25.1 Å². The van der Waals surface area contributed by atoms with Gasteiger partial charge < -0.3 is 0 Å². The molecule has 2 heteroatoms. The number of aryl methyl sites for hydroxylation is 1. The van der Waals surface area contributed by atoms with Gasteiger partial charge in [0.2, 0.25) is 0 Å². The van der Waals surface area contributed by atoms with Gasteiger partial charge in [-0.3, -0.25) is 0 Å². The summed E-state index contributed by atoms with van der Waals surface area (Å²) < 4.78 is 26.1. The Morgan fingerprint density at radius 2 is 2.08 bits per heavy atom. The summed E-state index contributed by atoms with van der Waals surface area (Å²) in [4.78, 5) is 0. The summed E-state index contributed by atoms with van der Waals surface area (Å²) in [5, 5.41) is 0. The first-order chi connectivity index (χ1) is 6.12. The molecule has 0 spiro atoms. The highest BCUT2D eigenvalue weighted by Gasteiger charge is 2.37. The number of rotatable bonds is 1. The minimum Gasteiger partial charge on any atom is -0.206 e. The molecule has 1 aliphatic rings. The quantitative estimate of drug-likeness (QED) is 0.626. The molecule has 0 saturated carbocycles. The molecule has 13 heavy (non-hydrogen) atoms. The molecule has 0 saturated heterocycles. The lowest BCUT2D eigenvalue weighted by molar-refractivity contribution is 0.0129. The second-order valence-corrected chi connectivity index (χ2v) is 3.62. The van der Waals surface area contributed by atoms with Crippen molar-refractivity contribution in [3.8, 4) is 0 Å². The second-order valence-electron chi connectivity index (χ2n) is 3.62. The van der Waals surface area contributed by atoms with Crippen LogP contribution in [0.4, 0.5) is 8.78 Å². The molecule has 0 atom stereocenters. The van der Waals surface area contributed by atoms with Crippen LogP contribution >= 0.6 is 0 Å². The summed E-state index contributed by atoms with van der Waals surface area (Å²) in [5.41, 5.74) is 2.80. The molecular formula is C11H12F2. The standard InChI is InChI=1S/C11H12F2/c1-2-8-4-3-5-9-6-11(12,13)7-10(8)9/h3-5H,2,6-7H2,1H3. The molecule has 0 aliphatic heterocycles. The van der Waals surface area contributed by atoms with Gasteiger partial charge in [-0.2, -0.15) is 0 Å². The average molecular weight is 182 g/mol. The largest absolute Gasteiger partial charge is 0.256 e. The van der Waals surface area contributed by atoms with Crippen molar-refractivity contribution in [1.29, 1.82) is 0 Å². The van der Waals surface area contributed by atoms with Crippen molar-refractivity contribution in [2.45, 2.75) is 32.1 Å². The third-order valence-corrected chi connectivity index (χ3v) is 2.64. The molecule has 0 unspecified atom stereocenters. The van der Waals surface area contributed by atoms with E-state index in [2.05, 4.69) is 0 Å². The van der Waals surface area contributed by atoms with Crippen LogP contribution in [0.5, 0.6) is 0 Å². The topological polar surface area (TPSA) is 0 Å². The van der Waals surface area contributed by atoms with Gasteiger partial charge in [0.05, 0.1) is 0 Å². The Balaban J connectivity index is 2.45. The van der Waals surface area contributed by atoms with Crippen LogP contribution in [-0.2, 0) is 19.3 Å². The Morgan fingerprint density at radius 3 is 2.77 bits per heavy atom. The maximum absolute atomic E-state index is 13.1. The van der Waals surface area contributed by atoms with Crippen LogP contribution in [0.2, 0.25) is 0 Å². The van der Waals surface area contributed by atoms with Gasteiger partial charge in [-0.25, -0.2) is 8.78 Å². The molecule has 1 aliphatic carbocycles. The van der Waals surface area contributed by atoms with Crippen LogP contribution in [0.1, 0.15) is 23.6 Å². The summed E-state index contributed by atoms with van der Waals surface area (Å²) in [6.45, 7) is 2.01. The Labute approximate surface area is 76.6 Å². The van der Waals surface area contributed by atoms with Crippen LogP contribution in [0, 0.1) is 0 Å². The maximum Gasteiger partial charge on any atom is 0.256 e. The van der Waals surface area contributed by atoms with E-state index in [1.807, 2.05) is 25.1 Å². The van der Waals surface area contributed by atoms with E-state index < -0.39 is 5.92 Å². The van der Waals surface area contributed by atoms with E-state index in [9.17, 15) is 8.78 Å². The lowest BCUT2D eigenvalue weighted by Crippen LogP contribution is -2.14. The third-order valence-electron chi connectivity index (χ3n) is 2.64. The number of halogens is 2. The van der Waals surface area contributed by atoms with E-state index in [0.717, 1.165) is 23.1 Å².